The molecule has 214 valence electrons. The molecule has 2 aromatic rings. The molecule has 2 aromatic carbocycles. The summed E-state index contributed by atoms with van der Waals surface area (Å²) in [6.45, 7) is 4.65. The Bertz CT molecular complexity index is 1350. The fourth-order valence-corrected chi connectivity index (χ4v) is 4.29. The summed E-state index contributed by atoms with van der Waals surface area (Å²) in [4.78, 5) is 58.2. The molecule has 8 nitrogen and oxygen atoms in total. The second-order valence-electron chi connectivity index (χ2n) is 10.5. The van der Waals surface area contributed by atoms with Crippen LogP contribution in [-0.4, -0.2) is 41.4 Å². The van der Waals surface area contributed by atoms with Gasteiger partial charge >= 0.3 is 17.9 Å². The minimum absolute atomic E-state index is 0.175. The lowest BCUT2D eigenvalue weighted by atomic mass is 9.98. The molecular weight excluding hydrogens is 606 g/mol. The van der Waals surface area contributed by atoms with Gasteiger partial charge in [-0.1, -0.05) is 46.4 Å². The molecule has 0 spiro atoms. The molecule has 4 atom stereocenters. The van der Waals surface area contributed by atoms with E-state index in [-0.39, 0.29) is 16.6 Å². The van der Waals surface area contributed by atoms with Gasteiger partial charge in [0.15, 0.2) is 11.6 Å². The Hall–Kier alpha value is -2.65. The fraction of sp³-hybridized carbons (Fsp3) is 0.393. The van der Waals surface area contributed by atoms with Gasteiger partial charge in [-0.2, -0.15) is 0 Å². The van der Waals surface area contributed by atoms with Gasteiger partial charge in [0.05, 0.1) is 37.3 Å². The highest BCUT2D eigenvalue weighted by atomic mass is 35.5. The molecule has 0 unspecified atom stereocenters. The molecule has 2 aliphatic carbocycles. The zero-order valence-electron chi connectivity index (χ0n) is 21.7. The fourth-order valence-electron chi connectivity index (χ4n) is 3.69. The van der Waals surface area contributed by atoms with Gasteiger partial charge < -0.3 is 14.6 Å². The zero-order chi connectivity index (χ0) is 29.9. The summed E-state index contributed by atoms with van der Waals surface area (Å²) in [6, 6.07) is 9.17. The second-order valence-corrected chi connectivity index (χ2v) is 12.1. The van der Waals surface area contributed by atoms with E-state index in [2.05, 4.69) is 0 Å². The minimum Gasteiger partial charge on any atom is -0.481 e. The zero-order valence-corrected chi connectivity index (χ0v) is 24.7. The third kappa shape index (κ3) is 8.19. The molecule has 12 heteroatoms. The van der Waals surface area contributed by atoms with Crippen molar-refractivity contribution in [3.8, 4) is 0 Å². The predicted octanol–water partition coefficient (Wildman–Crippen LogP) is 6.80. The first-order chi connectivity index (χ1) is 18.6. The molecule has 0 bridgehead atoms. The van der Waals surface area contributed by atoms with E-state index in [0.717, 1.165) is 0 Å². The standard InChI is InChI=1S/C17H18Cl2O5.C11H8Cl2O3/c1-17(2,3)16(22)24-8-23-15(21)11-7-10(11)14(20)9-4-5-12(18)13(19)6-9;12-8-2-1-5(3-9(8)13)10(14)6-4-7(6)11(15)16/h4-6,10-11H,7-8H2,1-3H3;1-3,6-7H,4H2,(H,15,16)/t10-,11-;6-,7-/m00/s1. The average Bonchev–Trinajstić information content (AvgIpc) is 3.80. The Morgan fingerprint density at radius 1 is 0.725 bits per heavy atom. The van der Waals surface area contributed by atoms with E-state index in [4.69, 9.17) is 61.0 Å². The number of carbonyl (C=O) groups excluding carboxylic acids is 4. The van der Waals surface area contributed by atoms with Gasteiger partial charge in [-0.3, -0.25) is 24.0 Å². The number of ketones is 2. The van der Waals surface area contributed by atoms with Crippen LogP contribution < -0.4 is 0 Å². The van der Waals surface area contributed by atoms with Crippen molar-refractivity contribution >= 4 is 75.9 Å². The van der Waals surface area contributed by atoms with Gasteiger partial charge in [0.1, 0.15) is 0 Å². The van der Waals surface area contributed by atoms with Crippen LogP contribution in [0.15, 0.2) is 36.4 Å². The summed E-state index contributed by atoms with van der Waals surface area (Å²) < 4.78 is 9.77. The molecule has 0 aromatic heterocycles. The van der Waals surface area contributed by atoms with E-state index in [1.54, 1.807) is 39.0 Å². The maximum atomic E-state index is 12.3. The van der Waals surface area contributed by atoms with Crippen LogP contribution in [0.25, 0.3) is 0 Å². The molecule has 40 heavy (non-hydrogen) atoms. The third-order valence-corrected chi connectivity index (χ3v) is 7.76. The maximum Gasteiger partial charge on any atom is 0.314 e. The third-order valence-electron chi connectivity index (χ3n) is 6.29. The molecule has 2 aliphatic rings. The van der Waals surface area contributed by atoms with Crippen molar-refractivity contribution in [2.45, 2.75) is 33.6 Å². The number of carboxylic acid groups (broad SMARTS) is 1. The van der Waals surface area contributed by atoms with E-state index in [0.29, 0.717) is 39.0 Å². The predicted molar refractivity (Wildman–Crippen MR) is 149 cm³/mol. The van der Waals surface area contributed by atoms with Crippen molar-refractivity contribution in [1.82, 2.24) is 0 Å². The quantitative estimate of drug-likeness (QED) is 0.192. The van der Waals surface area contributed by atoms with Crippen molar-refractivity contribution in [1.29, 1.82) is 0 Å². The Morgan fingerprint density at radius 2 is 1.18 bits per heavy atom. The highest BCUT2D eigenvalue weighted by Gasteiger charge is 2.49. The van der Waals surface area contributed by atoms with Crippen molar-refractivity contribution < 1.29 is 38.6 Å². The van der Waals surface area contributed by atoms with Crippen LogP contribution in [0.4, 0.5) is 0 Å². The Kier molecular flexibility index (Phi) is 10.3. The number of carboxylic acids is 1. The molecule has 0 heterocycles. The van der Waals surface area contributed by atoms with E-state index < -0.39 is 53.8 Å². The van der Waals surface area contributed by atoms with Gasteiger partial charge in [-0.15, -0.1) is 0 Å². The molecule has 4 rings (SSSR count). The van der Waals surface area contributed by atoms with Crippen molar-refractivity contribution in [2.75, 3.05) is 6.79 Å². The van der Waals surface area contributed by atoms with E-state index in [9.17, 15) is 24.0 Å². The summed E-state index contributed by atoms with van der Waals surface area (Å²) in [5.74, 6) is -4.18. The smallest absolute Gasteiger partial charge is 0.314 e. The summed E-state index contributed by atoms with van der Waals surface area (Å²) in [7, 11) is 0. The number of hydrogen-bond acceptors (Lipinski definition) is 7. The maximum absolute atomic E-state index is 12.3. The van der Waals surface area contributed by atoms with E-state index in [1.165, 1.54) is 18.2 Å². The topological polar surface area (TPSA) is 124 Å². The molecule has 2 saturated carbocycles. The van der Waals surface area contributed by atoms with E-state index >= 15 is 0 Å². The number of benzene rings is 2. The summed E-state index contributed by atoms with van der Waals surface area (Å²) >= 11 is 23.2. The summed E-state index contributed by atoms with van der Waals surface area (Å²) in [6.07, 6.45) is 0.819. The van der Waals surface area contributed by atoms with Gasteiger partial charge in [0, 0.05) is 23.0 Å². The summed E-state index contributed by atoms with van der Waals surface area (Å²) in [5.41, 5.74) is 0.158. The van der Waals surface area contributed by atoms with Crippen LogP contribution in [-0.2, 0) is 23.9 Å². The van der Waals surface area contributed by atoms with Crippen molar-refractivity contribution in [3.63, 3.8) is 0 Å². The van der Waals surface area contributed by atoms with Crippen LogP contribution in [0, 0.1) is 29.1 Å². The SMILES string of the molecule is CC(C)(C)C(=O)OCOC(=O)[C@H]1C[C@@H]1C(=O)c1ccc(Cl)c(Cl)c1.O=C(O)[C@H]1C[C@@H]1C(=O)c1ccc(Cl)c(Cl)c1. The normalized spacial score (nSPS) is 20.9. The Morgan fingerprint density at radius 3 is 1.57 bits per heavy atom. The lowest BCUT2D eigenvalue weighted by Crippen LogP contribution is -2.25. The van der Waals surface area contributed by atoms with Crippen molar-refractivity contribution in [3.05, 3.63) is 67.6 Å². The Balaban J connectivity index is 0.000000238. The number of hydrogen-bond donors (Lipinski definition) is 1. The molecule has 0 saturated heterocycles. The van der Waals surface area contributed by atoms with Crippen LogP contribution in [0.3, 0.4) is 0 Å². The van der Waals surface area contributed by atoms with Crippen LogP contribution in [0.5, 0.6) is 0 Å². The monoisotopic (exact) mass is 630 g/mol. The molecule has 0 aliphatic heterocycles. The second kappa shape index (κ2) is 12.9. The molecule has 1 N–H and O–H groups in total. The number of halogens is 4. The molecule has 0 radical (unpaired) electrons. The van der Waals surface area contributed by atoms with Crippen molar-refractivity contribution in [2.24, 2.45) is 29.1 Å². The first kappa shape index (κ1) is 31.9. The first-order valence-electron chi connectivity index (χ1n) is 12.2. The van der Waals surface area contributed by atoms with Gasteiger partial charge in [-0.25, -0.2) is 0 Å². The Labute approximate surface area is 250 Å². The number of esters is 2. The van der Waals surface area contributed by atoms with E-state index in [1.807, 2.05) is 0 Å². The lowest BCUT2D eigenvalue weighted by molar-refractivity contribution is -0.174. The van der Waals surface area contributed by atoms with Gasteiger partial charge in [-0.05, 0) is 70.0 Å². The largest absolute Gasteiger partial charge is 0.481 e. The number of Topliss-reactive ketones (excluding diaryl/α,β-unsaturated/α-hetero) is 2. The van der Waals surface area contributed by atoms with Crippen LogP contribution in [0.1, 0.15) is 54.3 Å². The highest BCUT2D eigenvalue weighted by molar-refractivity contribution is 6.42. The average molecular weight is 632 g/mol. The highest BCUT2D eigenvalue weighted by Crippen LogP contribution is 2.43. The van der Waals surface area contributed by atoms with Gasteiger partial charge in [0.2, 0.25) is 6.79 Å². The van der Waals surface area contributed by atoms with Crippen LogP contribution >= 0.6 is 46.4 Å². The van der Waals surface area contributed by atoms with Crippen LogP contribution in [0.2, 0.25) is 20.1 Å². The first-order valence-corrected chi connectivity index (χ1v) is 13.7. The summed E-state index contributed by atoms with van der Waals surface area (Å²) in [5, 5.41) is 10.1. The molecule has 0 amide bonds. The van der Waals surface area contributed by atoms with Gasteiger partial charge in [0.25, 0.3) is 0 Å². The number of ether oxygens (including phenoxy) is 2. The molecular formula is C28H26Cl4O8. The number of rotatable bonds is 8. The molecule has 2 fully saturated rings. The lowest BCUT2D eigenvalue weighted by Gasteiger charge is -2.16. The number of aliphatic carboxylic acids is 1. The number of carbonyl (C=O) groups is 5. The minimum atomic E-state index is -0.918.